The van der Waals surface area contributed by atoms with Crippen LogP contribution in [0, 0.1) is 0 Å². The van der Waals surface area contributed by atoms with Gasteiger partial charge in [-0.05, 0) is 81.4 Å². The van der Waals surface area contributed by atoms with Crippen molar-refractivity contribution in [3.63, 3.8) is 0 Å². The smallest absolute Gasteiger partial charge is 0.242 e. The van der Waals surface area contributed by atoms with Crippen LogP contribution in [0.25, 0.3) is 6.08 Å². The van der Waals surface area contributed by atoms with Gasteiger partial charge in [-0.25, -0.2) is 26.3 Å². The summed E-state index contributed by atoms with van der Waals surface area (Å²) in [5.41, 5.74) is 0.326. The zero-order valence-corrected chi connectivity index (χ0v) is 27.6. The molecule has 0 aliphatic carbocycles. The fraction of sp³-hybridized carbons (Fsp3) is 0.517. The van der Waals surface area contributed by atoms with Crippen molar-refractivity contribution in [2.75, 3.05) is 26.2 Å². The van der Waals surface area contributed by atoms with Crippen molar-refractivity contribution >= 4 is 60.9 Å². The molecule has 1 aromatic heterocycles. The molecule has 1 aromatic carbocycles. The van der Waals surface area contributed by atoms with Crippen LogP contribution in [0.2, 0.25) is 4.34 Å². The van der Waals surface area contributed by atoms with E-state index < -0.39 is 31.6 Å². The van der Waals surface area contributed by atoms with Gasteiger partial charge in [0.2, 0.25) is 31.9 Å². The molecule has 10 nitrogen and oxygen atoms in total. The van der Waals surface area contributed by atoms with E-state index in [1.54, 1.807) is 41.3 Å². The van der Waals surface area contributed by atoms with Crippen LogP contribution in [0.4, 0.5) is 0 Å². The predicted molar refractivity (Wildman–Crippen MR) is 170 cm³/mol. The molecule has 0 unspecified atom stereocenters. The maximum absolute atomic E-state index is 13.4. The highest BCUT2D eigenvalue weighted by atomic mass is 35.5. The van der Waals surface area contributed by atoms with E-state index in [4.69, 9.17) is 11.6 Å². The number of nitrogens with one attached hydrogen (secondary N) is 2. The van der Waals surface area contributed by atoms with Gasteiger partial charge in [0.25, 0.3) is 0 Å². The third-order valence-corrected chi connectivity index (χ3v) is 11.8. The molecule has 0 spiro atoms. The van der Waals surface area contributed by atoms with Gasteiger partial charge in [0.05, 0.1) is 21.3 Å². The summed E-state index contributed by atoms with van der Waals surface area (Å²) >= 11 is 7.18. The molecule has 0 bridgehead atoms. The van der Waals surface area contributed by atoms with E-state index in [2.05, 4.69) is 9.44 Å². The van der Waals surface area contributed by atoms with Crippen LogP contribution < -0.4 is 9.44 Å². The normalized spacial score (nSPS) is 22.2. The molecule has 0 radical (unpaired) electrons. The molecule has 2 amide bonds. The molecule has 2 atom stereocenters. The highest BCUT2D eigenvalue weighted by molar-refractivity contribution is 7.92. The number of halogens is 1. The van der Waals surface area contributed by atoms with Crippen molar-refractivity contribution in [1.29, 1.82) is 0 Å². The number of carbonyl (C=O) groups is 2. The van der Waals surface area contributed by atoms with Gasteiger partial charge in [-0.2, -0.15) is 0 Å². The molecule has 2 aliphatic heterocycles. The van der Waals surface area contributed by atoms with Crippen LogP contribution in [0.5, 0.6) is 0 Å². The van der Waals surface area contributed by atoms with Crippen molar-refractivity contribution in [2.24, 2.45) is 0 Å². The van der Waals surface area contributed by atoms with E-state index in [-0.39, 0.29) is 36.2 Å². The maximum atomic E-state index is 13.4. The average Bonchev–Trinajstić information content (AvgIpc) is 3.57. The van der Waals surface area contributed by atoms with E-state index in [1.807, 2.05) is 13.8 Å². The van der Waals surface area contributed by atoms with Crippen LogP contribution in [-0.2, 0) is 36.1 Å². The van der Waals surface area contributed by atoms with Crippen LogP contribution in [0.1, 0.15) is 62.8 Å². The summed E-state index contributed by atoms with van der Waals surface area (Å²) in [6.07, 6.45) is 5.16. The topological polar surface area (TPSA) is 133 Å². The van der Waals surface area contributed by atoms with Gasteiger partial charge in [-0.1, -0.05) is 30.7 Å². The minimum absolute atomic E-state index is 0.0698. The summed E-state index contributed by atoms with van der Waals surface area (Å²) in [5.74, 6) is -0.436. The first kappa shape index (κ1) is 33.6. The molecule has 2 aromatic rings. The van der Waals surface area contributed by atoms with E-state index in [1.165, 1.54) is 22.3 Å². The molecule has 43 heavy (non-hydrogen) atoms. The van der Waals surface area contributed by atoms with Gasteiger partial charge in [-0.3, -0.25) is 9.59 Å². The number of benzene rings is 1. The fourth-order valence-electron chi connectivity index (χ4n) is 5.50. The Morgan fingerprint density at radius 2 is 1.84 bits per heavy atom. The van der Waals surface area contributed by atoms with Gasteiger partial charge in [0.1, 0.15) is 0 Å². The minimum Gasteiger partial charge on any atom is -0.334 e. The van der Waals surface area contributed by atoms with Crippen molar-refractivity contribution in [1.82, 2.24) is 19.2 Å². The monoisotopic (exact) mass is 670 g/mol. The lowest BCUT2D eigenvalue weighted by Crippen LogP contribution is -2.55. The number of nitrogens with zero attached hydrogens (tertiary/aromatic N) is 2. The molecular formula is C29H39ClN4O6S3. The molecule has 2 aliphatic rings. The van der Waals surface area contributed by atoms with E-state index >= 15 is 0 Å². The largest absolute Gasteiger partial charge is 0.334 e. The van der Waals surface area contributed by atoms with Gasteiger partial charge in [-0.15, -0.1) is 11.3 Å². The second kappa shape index (κ2) is 14.2. The molecule has 2 fully saturated rings. The Labute approximate surface area is 263 Å². The number of hydrogen-bond acceptors (Lipinski definition) is 7. The molecule has 236 valence electrons. The Kier molecular flexibility index (Phi) is 11.1. The lowest BCUT2D eigenvalue weighted by Gasteiger charge is -2.37. The molecule has 4 rings (SSSR count). The van der Waals surface area contributed by atoms with Gasteiger partial charge in [0.15, 0.2) is 0 Å². The third kappa shape index (κ3) is 9.11. The molecule has 2 saturated heterocycles. The van der Waals surface area contributed by atoms with E-state index in [0.29, 0.717) is 43.1 Å². The number of hydrogen-bond donors (Lipinski definition) is 2. The summed E-state index contributed by atoms with van der Waals surface area (Å²) in [6, 6.07) is 9.79. The first-order valence-corrected chi connectivity index (χ1v) is 18.7. The first-order valence-electron chi connectivity index (χ1n) is 14.4. The fourth-order valence-corrected chi connectivity index (χ4v) is 8.82. The van der Waals surface area contributed by atoms with E-state index in [0.717, 1.165) is 28.7 Å². The van der Waals surface area contributed by atoms with Crippen molar-refractivity contribution < 1.29 is 26.4 Å². The number of thiophene rings is 1. The highest BCUT2D eigenvalue weighted by Crippen LogP contribution is 2.29. The SMILES string of the molecule is CCc1ccc(S(=O)(=O)NC[C@@]2(C)CCCN2C(=O)CN2CCC[C@@H](NS(=O)(=O)/C=C/c3ccc(Cl)s3)CCC2=O)cc1. The second-order valence-corrected chi connectivity index (χ2v) is 16.4. The van der Waals surface area contributed by atoms with Crippen LogP contribution in [0.3, 0.4) is 0 Å². The Hall–Kier alpha value is -2.29. The first-order chi connectivity index (χ1) is 20.3. The quantitative estimate of drug-likeness (QED) is 0.372. The summed E-state index contributed by atoms with van der Waals surface area (Å²) in [6.45, 7) is 4.66. The van der Waals surface area contributed by atoms with Crippen LogP contribution >= 0.6 is 22.9 Å². The summed E-state index contributed by atoms with van der Waals surface area (Å²) in [7, 11) is -7.46. The van der Waals surface area contributed by atoms with Crippen molar-refractivity contribution in [3.8, 4) is 0 Å². The Bertz CT molecular complexity index is 1540. The molecular weight excluding hydrogens is 632 g/mol. The number of likely N-dealkylation sites (tertiary alicyclic amines) is 2. The molecule has 0 saturated carbocycles. The van der Waals surface area contributed by atoms with Crippen LogP contribution in [-0.4, -0.2) is 76.2 Å². The Morgan fingerprint density at radius 1 is 1.09 bits per heavy atom. The van der Waals surface area contributed by atoms with Gasteiger partial charge in [0, 0.05) is 42.4 Å². The standard InChI is InChI=1S/C29H39ClN4O6S3/c1-3-22-7-11-25(12-8-22)43(39,40)31-21-29(2)16-5-18-34(29)28(36)20-33-17-4-6-23(9-14-27(33)35)32-42(37,38)19-15-24-10-13-26(30)41-24/h7-8,10-13,15,19,23,31-32H,3-6,9,14,16-18,20-21H2,1-2H3/b19-15+/t23-,29-/m1/s1. The second-order valence-electron chi connectivity index (χ2n) is 11.3. The lowest BCUT2D eigenvalue weighted by molar-refractivity contribution is -0.143. The van der Waals surface area contributed by atoms with Gasteiger partial charge >= 0.3 is 0 Å². The number of amides is 2. The average molecular weight is 671 g/mol. The number of sulfonamides is 2. The Balaban J connectivity index is 1.30. The van der Waals surface area contributed by atoms with Crippen LogP contribution in [0.15, 0.2) is 46.7 Å². The molecule has 14 heteroatoms. The molecule has 3 heterocycles. The number of carbonyl (C=O) groups excluding carboxylic acids is 2. The number of rotatable bonds is 11. The highest BCUT2D eigenvalue weighted by Gasteiger charge is 2.41. The summed E-state index contributed by atoms with van der Waals surface area (Å²) in [5, 5.41) is 1.11. The van der Waals surface area contributed by atoms with Gasteiger partial charge < -0.3 is 9.80 Å². The summed E-state index contributed by atoms with van der Waals surface area (Å²) < 4.78 is 57.0. The lowest BCUT2D eigenvalue weighted by atomic mass is 9.99. The predicted octanol–water partition coefficient (Wildman–Crippen LogP) is 3.98. The summed E-state index contributed by atoms with van der Waals surface area (Å²) in [4.78, 5) is 30.6. The minimum atomic E-state index is -3.75. The van der Waals surface area contributed by atoms with E-state index in [9.17, 15) is 26.4 Å². The number of aryl methyl sites for hydroxylation is 1. The molecule has 2 N–H and O–H groups in total. The zero-order valence-electron chi connectivity index (χ0n) is 24.4. The maximum Gasteiger partial charge on any atom is 0.242 e. The third-order valence-electron chi connectivity index (χ3n) is 8.04. The van der Waals surface area contributed by atoms with Crippen molar-refractivity contribution in [3.05, 3.63) is 56.6 Å². The van der Waals surface area contributed by atoms with Crippen molar-refractivity contribution in [2.45, 2.75) is 75.3 Å². The Morgan fingerprint density at radius 3 is 2.51 bits per heavy atom. The zero-order chi connectivity index (χ0) is 31.3.